The molecule has 0 saturated carbocycles. The number of alkyl halides is 1. The van der Waals surface area contributed by atoms with Crippen LogP contribution in [0.1, 0.15) is 19.8 Å². The summed E-state index contributed by atoms with van der Waals surface area (Å²) < 4.78 is 28.0. The molecule has 1 unspecified atom stereocenters. The molecule has 0 aromatic heterocycles. The fourth-order valence-corrected chi connectivity index (χ4v) is 1.07. The molecule has 0 aromatic rings. The van der Waals surface area contributed by atoms with Gasteiger partial charge in [0.15, 0.2) is 0 Å². The van der Waals surface area contributed by atoms with E-state index < -0.39 is 10.3 Å². The van der Waals surface area contributed by atoms with Gasteiger partial charge in [-0.25, -0.2) is 0 Å². The van der Waals surface area contributed by atoms with Gasteiger partial charge in [-0.15, -0.1) is 11.6 Å². The highest BCUT2D eigenvalue weighted by Crippen LogP contribution is 2.06. The highest BCUT2D eigenvalue weighted by atomic mass is 35.5. The van der Waals surface area contributed by atoms with E-state index in [1.54, 1.807) is 0 Å². The number of nitrogens with one attached hydrogen (secondary N) is 1. The van der Waals surface area contributed by atoms with Gasteiger partial charge in [-0.1, -0.05) is 6.92 Å². The van der Waals surface area contributed by atoms with Gasteiger partial charge in [0.2, 0.25) is 0 Å². The summed E-state index contributed by atoms with van der Waals surface area (Å²) in [6, 6.07) is 0. The molecule has 0 bridgehead atoms. The summed E-state index contributed by atoms with van der Waals surface area (Å²) >= 11 is 5.74. The van der Waals surface area contributed by atoms with Crippen LogP contribution in [0.15, 0.2) is 0 Å². The molecule has 1 atom stereocenters. The average Bonchev–Trinajstić information content (AvgIpc) is 2.04. The summed E-state index contributed by atoms with van der Waals surface area (Å²) in [5.74, 6) is 0. The van der Waals surface area contributed by atoms with Gasteiger partial charge in [0.1, 0.15) is 0 Å². The Hall–Kier alpha value is 0.160. The van der Waals surface area contributed by atoms with Crippen LogP contribution in [-0.4, -0.2) is 27.4 Å². The molecule has 0 saturated heterocycles. The number of rotatable bonds is 6. The Labute approximate surface area is 78.5 Å². The smallest absolute Gasteiger partial charge is 0.258 e. The van der Waals surface area contributed by atoms with Crippen LogP contribution in [0, 0.1) is 0 Å². The van der Waals surface area contributed by atoms with Crippen LogP contribution in [0.2, 0.25) is 0 Å². The molecule has 0 amide bonds. The second-order valence-electron chi connectivity index (χ2n) is 2.27. The van der Waals surface area contributed by atoms with E-state index in [1.807, 2.05) is 11.6 Å². The molecule has 0 radical (unpaired) electrons. The Kier molecular flexibility index (Phi) is 5.82. The third-order valence-electron chi connectivity index (χ3n) is 1.36. The summed E-state index contributed by atoms with van der Waals surface area (Å²) in [5.41, 5.74) is 0. The lowest BCUT2D eigenvalue weighted by molar-refractivity contribution is 0.304. The van der Waals surface area contributed by atoms with E-state index in [9.17, 15) is 8.42 Å². The predicted molar refractivity (Wildman–Crippen MR) is 48.5 cm³/mol. The zero-order valence-corrected chi connectivity index (χ0v) is 8.78. The minimum atomic E-state index is -3.53. The van der Waals surface area contributed by atoms with E-state index in [4.69, 9.17) is 11.6 Å². The lowest BCUT2D eigenvalue weighted by atomic mass is 10.3. The van der Waals surface area contributed by atoms with Crippen molar-refractivity contribution in [1.29, 1.82) is 0 Å². The summed E-state index contributed by atoms with van der Waals surface area (Å²) in [4.78, 5) is 0. The fraction of sp³-hybridized carbons (Fsp3) is 1.00. The highest BCUT2D eigenvalue weighted by molar-refractivity contribution is 7.84. The summed E-state index contributed by atoms with van der Waals surface area (Å²) in [7, 11) is -2.23. The third-order valence-corrected chi connectivity index (χ3v) is 2.87. The van der Waals surface area contributed by atoms with Gasteiger partial charge in [0.25, 0.3) is 0 Å². The molecule has 1 N–H and O–H groups in total. The molecule has 6 heteroatoms. The molecule has 0 aliphatic heterocycles. The van der Waals surface area contributed by atoms with Gasteiger partial charge in [-0.2, -0.15) is 13.1 Å². The second-order valence-corrected chi connectivity index (χ2v) is 4.44. The van der Waals surface area contributed by atoms with E-state index in [0.29, 0.717) is 6.42 Å². The first-order valence-electron chi connectivity index (χ1n) is 3.73. The van der Waals surface area contributed by atoms with E-state index in [-0.39, 0.29) is 12.0 Å². The van der Waals surface area contributed by atoms with Gasteiger partial charge < -0.3 is 0 Å². The van der Waals surface area contributed by atoms with Gasteiger partial charge in [-0.3, -0.25) is 4.18 Å². The Morgan fingerprint density at radius 3 is 2.58 bits per heavy atom. The second kappa shape index (κ2) is 5.75. The quantitative estimate of drug-likeness (QED) is 0.670. The molecule has 0 spiro atoms. The van der Waals surface area contributed by atoms with Crippen molar-refractivity contribution >= 4 is 21.9 Å². The maximum atomic E-state index is 10.7. The van der Waals surface area contributed by atoms with Gasteiger partial charge >= 0.3 is 10.3 Å². The van der Waals surface area contributed by atoms with E-state index in [1.165, 1.54) is 7.05 Å². The van der Waals surface area contributed by atoms with Crippen LogP contribution in [-0.2, 0) is 14.5 Å². The minimum absolute atomic E-state index is 0.0166. The average molecular weight is 216 g/mol. The van der Waals surface area contributed by atoms with Crippen molar-refractivity contribution in [3.63, 3.8) is 0 Å². The fourth-order valence-electron chi connectivity index (χ4n) is 0.549. The summed E-state index contributed by atoms with van der Waals surface area (Å²) in [6.45, 7) is 2.06. The van der Waals surface area contributed by atoms with Crippen LogP contribution in [0.4, 0.5) is 0 Å². The molecule has 0 rings (SSSR count). The molecule has 0 heterocycles. The van der Waals surface area contributed by atoms with Crippen LogP contribution < -0.4 is 4.72 Å². The molecule has 0 aliphatic carbocycles. The minimum Gasteiger partial charge on any atom is -0.258 e. The van der Waals surface area contributed by atoms with Crippen molar-refractivity contribution in [3.05, 3.63) is 0 Å². The lowest BCUT2D eigenvalue weighted by Crippen LogP contribution is -2.22. The van der Waals surface area contributed by atoms with Crippen molar-refractivity contribution in [1.82, 2.24) is 4.72 Å². The highest BCUT2D eigenvalue weighted by Gasteiger charge is 2.08. The maximum Gasteiger partial charge on any atom is 0.335 e. The molecule has 12 heavy (non-hydrogen) atoms. The molecular formula is C6H14ClNO3S. The number of hydrogen-bond acceptors (Lipinski definition) is 3. The SMILES string of the molecule is CCC(Cl)CCOS(=O)(=O)NC. The van der Waals surface area contributed by atoms with E-state index in [0.717, 1.165) is 6.42 Å². The maximum absolute atomic E-state index is 10.7. The van der Waals surface area contributed by atoms with Crippen LogP contribution in [0.25, 0.3) is 0 Å². The van der Waals surface area contributed by atoms with Crippen molar-refractivity contribution in [2.24, 2.45) is 0 Å². The molecule has 0 fully saturated rings. The third kappa shape index (κ3) is 5.77. The lowest BCUT2D eigenvalue weighted by Gasteiger charge is -2.06. The first kappa shape index (κ1) is 12.2. The van der Waals surface area contributed by atoms with Gasteiger partial charge in [0, 0.05) is 12.4 Å². The Bertz CT molecular complexity index is 205. The van der Waals surface area contributed by atoms with Crippen LogP contribution in [0.3, 0.4) is 0 Å². The first-order chi connectivity index (χ1) is 5.52. The monoisotopic (exact) mass is 215 g/mol. The van der Waals surface area contributed by atoms with Gasteiger partial charge in [-0.05, 0) is 12.8 Å². The molecule has 0 aromatic carbocycles. The van der Waals surface area contributed by atoms with Crippen molar-refractivity contribution < 1.29 is 12.6 Å². The number of hydrogen-bond donors (Lipinski definition) is 1. The molecular weight excluding hydrogens is 202 g/mol. The standard InChI is InChI=1S/C6H14ClNO3S/c1-3-6(7)4-5-11-12(9,10)8-2/h6,8H,3-5H2,1-2H3. The van der Waals surface area contributed by atoms with Crippen molar-refractivity contribution in [3.8, 4) is 0 Å². The van der Waals surface area contributed by atoms with Crippen LogP contribution >= 0.6 is 11.6 Å². The van der Waals surface area contributed by atoms with E-state index >= 15 is 0 Å². The topological polar surface area (TPSA) is 55.4 Å². The Morgan fingerprint density at radius 1 is 1.58 bits per heavy atom. The Balaban J connectivity index is 3.57. The van der Waals surface area contributed by atoms with Crippen molar-refractivity contribution in [2.45, 2.75) is 25.1 Å². The molecule has 0 aliphatic rings. The van der Waals surface area contributed by atoms with E-state index in [2.05, 4.69) is 4.18 Å². The zero-order chi connectivity index (χ0) is 9.61. The predicted octanol–water partition coefficient (Wildman–Crippen LogP) is 0.875. The Morgan fingerprint density at radius 2 is 2.17 bits per heavy atom. The normalized spacial score (nSPS) is 14.6. The molecule has 4 nitrogen and oxygen atoms in total. The van der Waals surface area contributed by atoms with Crippen LogP contribution in [0.5, 0.6) is 0 Å². The first-order valence-corrected chi connectivity index (χ1v) is 5.58. The largest absolute Gasteiger partial charge is 0.335 e. The zero-order valence-electron chi connectivity index (χ0n) is 7.21. The summed E-state index contributed by atoms with van der Waals surface area (Å²) in [6.07, 6.45) is 1.35. The van der Waals surface area contributed by atoms with Gasteiger partial charge in [0.05, 0.1) is 6.61 Å². The number of halogens is 1. The summed E-state index contributed by atoms with van der Waals surface area (Å²) in [5, 5.41) is -0.0166. The van der Waals surface area contributed by atoms with Crippen molar-refractivity contribution in [2.75, 3.05) is 13.7 Å². The molecule has 74 valence electrons.